The number of furan rings is 1. The second-order valence-electron chi connectivity index (χ2n) is 12.0. The van der Waals surface area contributed by atoms with Crippen molar-refractivity contribution in [3.05, 3.63) is 164 Å². The van der Waals surface area contributed by atoms with Gasteiger partial charge in [-0.05, 0) is 78.9 Å². The van der Waals surface area contributed by atoms with Gasteiger partial charge in [0.05, 0.1) is 11.0 Å². The Bertz CT molecular complexity index is 2760. The number of nitrogens with zero attached hydrogens (tertiary/aromatic N) is 3. The second kappa shape index (κ2) is 10.5. The van der Waals surface area contributed by atoms with Crippen molar-refractivity contribution in [2.45, 2.75) is 0 Å². The Kier molecular flexibility index (Phi) is 5.81. The minimum absolute atomic E-state index is 0.614. The van der Waals surface area contributed by atoms with Crippen LogP contribution in [0.2, 0.25) is 0 Å². The summed E-state index contributed by atoms with van der Waals surface area (Å²) in [6.45, 7) is 0. The zero-order valence-corrected chi connectivity index (χ0v) is 25.7. The van der Waals surface area contributed by atoms with Gasteiger partial charge in [0, 0.05) is 55.9 Å². The molecule has 0 saturated heterocycles. The largest absolute Gasteiger partial charge is 0.456 e. The predicted molar refractivity (Wildman–Crippen MR) is 196 cm³/mol. The molecular weight excluding hydrogens is 590 g/mol. The van der Waals surface area contributed by atoms with Crippen molar-refractivity contribution in [2.24, 2.45) is 0 Å². The topological polar surface area (TPSA) is 47.3 Å². The maximum absolute atomic E-state index is 6.33. The van der Waals surface area contributed by atoms with Crippen LogP contribution >= 0.6 is 0 Å². The van der Waals surface area contributed by atoms with E-state index >= 15 is 0 Å². The van der Waals surface area contributed by atoms with Crippen LogP contribution in [0.5, 0.6) is 0 Å². The molecule has 0 unspecified atom stereocenters. The fourth-order valence-corrected chi connectivity index (χ4v) is 7.09. The molecule has 5 heteroatoms. The first-order chi connectivity index (χ1) is 23.8. The fraction of sp³-hybridized carbons (Fsp3) is 0. The van der Waals surface area contributed by atoms with Crippen molar-refractivity contribution in [1.82, 2.24) is 9.55 Å². The van der Waals surface area contributed by atoms with Gasteiger partial charge in [-0.2, -0.15) is 0 Å². The highest BCUT2D eigenvalue weighted by Gasteiger charge is 2.22. The quantitative estimate of drug-likeness (QED) is 0.193. The van der Waals surface area contributed by atoms with Crippen LogP contribution in [0.15, 0.2) is 173 Å². The summed E-state index contributed by atoms with van der Waals surface area (Å²) in [4.78, 5) is 7.19. The molecule has 0 aliphatic carbocycles. The van der Waals surface area contributed by atoms with E-state index in [9.17, 15) is 0 Å². The standard InChI is InChI=1S/C43H27N3O2/c1-3-12-28(13-4-1)45(31-22-24-33-32-16-7-9-20-39(32)47-41(33)27-31)30-23-25-34-38(26-30)46(29-14-5-2-6-15-29)37-19-11-17-35(42(34)37)43-44-36-18-8-10-21-40(36)48-43/h1-27H. The van der Waals surface area contributed by atoms with Crippen LogP contribution in [0.25, 0.3) is 72.0 Å². The molecule has 0 amide bonds. The smallest absolute Gasteiger partial charge is 0.228 e. The number of aromatic nitrogens is 2. The van der Waals surface area contributed by atoms with Crippen molar-refractivity contribution in [2.75, 3.05) is 4.90 Å². The lowest BCUT2D eigenvalue weighted by molar-refractivity contribution is 0.620. The van der Waals surface area contributed by atoms with E-state index in [-0.39, 0.29) is 0 Å². The third-order valence-electron chi connectivity index (χ3n) is 9.21. The van der Waals surface area contributed by atoms with Crippen molar-refractivity contribution in [3.8, 4) is 17.1 Å². The van der Waals surface area contributed by atoms with Crippen LogP contribution in [0.4, 0.5) is 17.1 Å². The average molecular weight is 618 g/mol. The first kappa shape index (κ1) is 26.6. The van der Waals surface area contributed by atoms with Gasteiger partial charge < -0.3 is 18.3 Å². The number of hydrogen-bond acceptors (Lipinski definition) is 4. The number of para-hydroxylation sites is 5. The molecule has 3 aromatic heterocycles. The first-order valence-corrected chi connectivity index (χ1v) is 16.1. The highest BCUT2D eigenvalue weighted by molar-refractivity contribution is 6.16. The highest BCUT2D eigenvalue weighted by atomic mass is 16.3. The highest BCUT2D eigenvalue weighted by Crippen LogP contribution is 2.43. The van der Waals surface area contributed by atoms with Gasteiger partial charge >= 0.3 is 0 Å². The Balaban J connectivity index is 1.23. The molecule has 0 spiro atoms. The van der Waals surface area contributed by atoms with Crippen LogP contribution in [0, 0.1) is 0 Å². The Hall–Kier alpha value is -6.59. The third-order valence-corrected chi connectivity index (χ3v) is 9.21. The molecule has 0 bridgehead atoms. The molecule has 0 atom stereocenters. The van der Waals surface area contributed by atoms with E-state index in [1.54, 1.807) is 0 Å². The van der Waals surface area contributed by atoms with Gasteiger partial charge in [-0.15, -0.1) is 0 Å². The molecule has 10 rings (SSSR count). The lowest BCUT2D eigenvalue weighted by atomic mass is 10.1. The Morgan fingerprint density at radius 1 is 0.458 bits per heavy atom. The van der Waals surface area contributed by atoms with Crippen molar-refractivity contribution >= 4 is 71.9 Å². The molecule has 0 radical (unpaired) electrons. The molecule has 3 heterocycles. The Morgan fingerprint density at radius 3 is 1.98 bits per heavy atom. The molecule has 10 aromatic rings. The number of anilines is 3. The first-order valence-electron chi connectivity index (χ1n) is 16.1. The molecule has 5 nitrogen and oxygen atoms in total. The summed E-state index contributed by atoms with van der Waals surface area (Å²) in [5, 5.41) is 4.45. The van der Waals surface area contributed by atoms with E-state index in [0.717, 1.165) is 83.2 Å². The molecule has 0 N–H and O–H groups in total. The van der Waals surface area contributed by atoms with E-state index in [1.807, 2.05) is 42.5 Å². The summed E-state index contributed by atoms with van der Waals surface area (Å²) in [6, 6.07) is 56.7. The maximum Gasteiger partial charge on any atom is 0.228 e. The SMILES string of the molecule is c1ccc(N(c2ccc3c(c2)oc2ccccc23)c2ccc3c4c(-c5nc6ccccc6o5)cccc4n(-c4ccccc4)c3c2)cc1. The maximum atomic E-state index is 6.33. The van der Waals surface area contributed by atoms with Gasteiger partial charge in [-0.1, -0.05) is 78.9 Å². The number of hydrogen-bond donors (Lipinski definition) is 0. The minimum Gasteiger partial charge on any atom is -0.456 e. The van der Waals surface area contributed by atoms with Crippen LogP contribution < -0.4 is 4.90 Å². The molecular formula is C43H27N3O2. The van der Waals surface area contributed by atoms with Gasteiger partial charge in [-0.25, -0.2) is 4.98 Å². The van der Waals surface area contributed by atoms with Crippen LogP contribution in [-0.4, -0.2) is 9.55 Å². The van der Waals surface area contributed by atoms with E-state index in [1.165, 1.54) is 0 Å². The second-order valence-corrected chi connectivity index (χ2v) is 12.0. The summed E-state index contributed by atoms with van der Waals surface area (Å²) >= 11 is 0. The lowest BCUT2D eigenvalue weighted by Crippen LogP contribution is -2.09. The summed E-state index contributed by atoms with van der Waals surface area (Å²) in [5.41, 5.74) is 10.7. The van der Waals surface area contributed by atoms with Crippen LogP contribution in [0.3, 0.4) is 0 Å². The molecule has 0 aliphatic rings. The van der Waals surface area contributed by atoms with E-state index in [0.29, 0.717) is 5.89 Å². The summed E-state index contributed by atoms with van der Waals surface area (Å²) in [5.74, 6) is 0.614. The summed E-state index contributed by atoms with van der Waals surface area (Å²) < 4.78 is 15.0. The van der Waals surface area contributed by atoms with Gasteiger partial charge in [-0.3, -0.25) is 0 Å². The summed E-state index contributed by atoms with van der Waals surface area (Å²) in [6.07, 6.45) is 0. The van der Waals surface area contributed by atoms with Crippen molar-refractivity contribution < 1.29 is 8.83 Å². The van der Waals surface area contributed by atoms with Crippen LogP contribution in [-0.2, 0) is 0 Å². The van der Waals surface area contributed by atoms with Gasteiger partial charge in [0.15, 0.2) is 5.58 Å². The molecule has 0 saturated carbocycles. The van der Waals surface area contributed by atoms with E-state index in [4.69, 9.17) is 13.8 Å². The zero-order chi connectivity index (χ0) is 31.6. The number of benzene rings is 7. The number of fused-ring (bicyclic) bond motifs is 7. The zero-order valence-electron chi connectivity index (χ0n) is 25.7. The minimum atomic E-state index is 0.614. The normalized spacial score (nSPS) is 11.8. The molecule has 48 heavy (non-hydrogen) atoms. The monoisotopic (exact) mass is 617 g/mol. The number of rotatable bonds is 5. The third kappa shape index (κ3) is 4.08. The molecule has 0 aliphatic heterocycles. The molecule has 7 aromatic carbocycles. The van der Waals surface area contributed by atoms with Crippen LogP contribution in [0.1, 0.15) is 0 Å². The predicted octanol–water partition coefficient (Wildman–Crippen LogP) is 12.0. The van der Waals surface area contributed by atoms with Crippen molar-refractivity contribution in [1.29, 1.82) is 0 Å². The average Bonchev–Trinajstić information content (AvgIpc) is 3.84. The number of oxazole rings is 1. The van der Waals surface area contributed by atoms with Gasteiger partial charge in [0.1, 0.15) is 16.7 Å². The van der Waals surface area contributed by atoms with E-state index < -0.39 is 0 Å². The summed E-state index contributed by atoms with van der Waals surface area (Å²) in [7, 11) is 0. The van der Waals surface area contributed by atoms with Crippen molar-refractivity contribution in [3.63, 3.8) is 0 Å². The fourth-order valence-electron chi connectivity index (χ4n) is 7.09. The molecule has 226 valence electrons. The Labute approximate surface area is 275 Å². The van der Waals surface area contributed by atoms with Gasteiger partial charge in [0.25, 0.3) is 0 Å². The van der Waals surface area contributed by atoms with Gasteiger partial charge in [0.2, 0.25) is 5.89 Å². The Morgan fingerprint density at radius 2 is 1.15 bits per heavy atom. The molecule has 0 fully saturated rings. The lowest BCUT2D eigenvalue weighted by Gasteiger charge is -2.25. The van der Waals surface area contributed by atoms with E-state index in [2.05, 4.69) is 131 Å².